The Morgan fingerprint density at radius 3 is 2.67 bits per heavy atom. The number of benzene rings is 2. The zero-order valence-electron chi connectivity index (χ0n) is 16.1. The molecule has 0 aliphatic heterocycles. The molecule has 27 heavy (non-hydrogen) atoms. The Hall–Kier alpha value is -2.73. The van der Waals surface area contributed by atoms with Crippen LogP contribution in [0.1, 0.15) is 32.3 Å². The number of nitrogens with one attached hydrogen (secondary N) is 1. The van der Waals surface area contributed by atoms with Gasteiger partial charge in [-0.3, -0.25) is 9.69 Å². The number of aromatic nitrogens is 3. The molecule has 3 aromatic rings. The zero-order chi connectivity index (χ0) is 19.1. The van der Waals surface area contributed by atoms with E-state index in [2.05, 4.69) is 46.5 Å². The number of carbonyl (C=O) groups excluding carboxylic acids is 1. The van der Waals surface area contributed by atoms with Gasteiger partial charge in [-0.05, 0) is 43.1 Å². The first kappa shape index (κ1) is 19.0. The van der Waals surface area contributed by atoms with Gasteiger partial charge in [0.1, 0.15) is 5.52 Å². The van der Waals surface area contributed by atoms with E-state index in [4.69, 9.17) is 0 Å². The van der Waals surface area contributed by atoms with E-state index in [1.54, 1.807) is 0 Å². The Morgan fingerprint density at radius 1 is 1.07 bits per heavy atom. The first-order valence-corrected chi connectivity index (χ1v) is 9.60. The summed E-state index contributed by atoms with van der Waals surface area (Å²) in [6, 6.07) is 16.1. The van der Waals surface area contributed by atoms with Crippen molar-refractivity contribution in [3.05, 3.63) is 54.1 Å². The molecule has 1 N–H and O–H groups in total. The zero-order valence-corrected chi connectivity index (χ0v) is 16.1. The van der Waals surface area contributed by atoms with E-state index in [0.29, 0.717) is 13.1 Å². The third kappa shape index (κ3) is 4.71. The fraction of sp³-hybridized carbons (Fsp3) is 0.381. The Bertz CT molecular complexity index is 889. The summed E-state index contributed by atoms with van der Waals surface area (Å²) in [7, 11) is 0. The van der Waals surface area contributed by atoms with Gasteiger partial charge in [0.05, 0.1) is 17.7 Å². The lowest BCUT2D eigenvalue weighted by Gasteiger charge is -2.22. The highest BCUT2D eigenvalue weighted by Crippen LogP contribution is 2.20. The number of hydrogen-bond donors (Lipinski definition) is 1. The van der Waals surface area contributed by atoms with E-state index in [1.807, 2.05) is 41.1 Å². The maximum atomic E-state index is 12.2. The first-order chi connectivity index (χ1) is 13.2. The van der Waals surface area contributed by atoms with Crippen LogP contribution in [0.4, 0.5) is 0 Å². The van der Waals surface area contributed by atoms with Crippen LogP contribution in [0.3, 0.4) is 0 Å². The quantitative estimate of drug-likeness (QED) is 0.633. The molecular formula is C21H27N5O. The van der Waals surface area contributed by atoms with Crippen LogP contribution in [-0.2, 0) is 11.3 Å². The molecule has 0 saturated carbocycles. The predicted octanol–water partition coefficient (Wildman–Crippen LogP) is 3.16. The molecule has 0 bridgehead atoms. The molecule has 6 heteroatoms. The largest absolute Gasteiger partial charge is 0.355 e. The van der Waals surface area contributed by atoms with Crippen molar-refractivity contribution < 1.29 is 4.79 Å². The summed E-state index contributed by atoms with van der Waals surface area (Å²) in [5, 5.41) is 11.6. The highest BCUT2D eigenvalue weighted by atomic mass is 16.2. The molecule has 1 heterocycles. The summed E-state index contributed by atoms with van der Waals surface area (Å²) < 4.78 is 1.88. The van der Waals surface area contributed by atoms with Crippen LogP contribution in [0.2, 0.25) is 0 Å². The highest BCUT2D eigenvalue weighted by molar-refractivity contribution is 5.78. The van der Waals surface area contributed by atoms with Crippen LogP contribution in [0.5, 0.6) is 0 Å². The summed E-state index contributed by atoms with van der Waals surface area (Å²) in [6.45, 7) is 6.88. The Kier molecular flexibility index (Phi) is 6.54. The van der Waals surface area contributed by atoms with E-state index in [1.165, 1.54) is 0 Å². The Morgan fingerprint density at radius 2 is 1.85 bits per heavy atom. The van der Waals surface area contributed by atoms with Gasteiger partial charge in [-0.1, -0.05) is 49.4 Å². The molecule has 2 aromatic carbocycles. The van der Waals surface area contributed by atoms with Crippen molar-refractivity contribution in [1.82, 2.24) is 25.2 Å². The van der Waals surface area contributed by atoms with E-state index in [0.717, 1.165) is 48.2 Å². The number of rotatable bonds is 9. The average molecular weight is 365 g/mol. The lowest BCUT2D eigenvalue weighted by Crippen LogP contribution is -2.37. The minimum atomic E-state index is 0.0778. The molecule has 0 spiro atoms. The van der Waals surface area contributed by atoms with Crippen LogP contribution in [-0.4, -0.2) is 45.4 Å². The van der Waals surface area contributed by atoms with Gasteiger partial charge in [0, 0.05) is 13.1 Å². The van der Waals surface area contributed by atoms with Gasteiger partial charge in [0.15, 0.2) is 0 Å². The molecule has 0 fully saturated rings. The molecule has 6 nitrogen and oxygen atoms in total. The lowest BCUT2D eigenvalue weighted by atomic mass is 10.1. The number of hydrogen-bond acceptors (Lipinski definition) is 4. The predicted molar refractivity (Wildman–Crippen MR) is 108 cm³/mol. The summed E-state index contributed by atoms with van der Waals surface area (Å²) in [5.74, 6) is 0.0778. The van der Waals surface area contributed by atoms with Crippen molar-refractivity contribution in [3.63, 3.8) is 0 Å². The SMILES string of the molecule is CCCNC(=O)CN(CCC)Cc1ccccc1-n1nnc2ccccc21. The van der Waals surface area contributed by atoms with E-state index in [-0.39, 0.29) is 5.91 Å². The smallest absolute Gasteiger partial charge is 0.234 e. The van der Waals surface area contributed by atoms with Gasteiger partial charge in [-0.15, -0.1) is 5.10 Å². The van der Waals surface area contributed by atoms with Crippen molar-refractivity contribution in [3.8, 4) is 5.69 Å². The molecule has 1 amide bonds. The fourth-order valence-electron chi connectivity index (χ4n) is 3.19. The number of fused-ring (bicyclic) bond motifs is 1. The fourth-order valence-corrected chi connectivity index (χ4v) is 3.19. The monoisotopic (exact) mass is 365 g/mol. The second-order valence-corrected chi connectivity index (χ2v) is 6.68. The maximum absolute atomic E-state index is 12.2. The molecule has 0 unspecified atom stereocenters. The van der Waals surface area contributed by atoms with Crippen LogP contribution >= 0.6 is 0 Å². The molecule has 3 rings (SSSR count). The van der Waals surface area contributed by atoms with Gasteiger partial charge in [0.2, 0.25) is 5.91 Å². The highest BCUT2D eigenvalue weighted by Gasteiger charge is 2.15. The molecular weight excluding hydrogens is 338 g/mol. The number of amides is 1. The maximum Gasteiger partial charge on any atom is 0.234 e. The van der Waals surface area contributed by atoms with Gasteiger partial charge in [-0.25, -0.2) is 4.68 Å². The normalized spacial score (nSPS) is 11.2. The average Bonchev–Trinajstić information content (AvgIpc) is 3.11. The second kappa shape index (κ2) is 9.28. The van der Waals surface area contributed by atoms with Gasteiger partial charge in [0.25, 0.3) is 0 Å². The first-order valence-electron chi connectivity index (χ1n) is 9.60. The molecule has 0 aliphatic carbocycles. The third-order valence-corrected chi connectivity index (χ3v) is 4.44. The third-order valence-electron chi connectivity index (χ3n) is 4.44. The molecule has 1 aromatic heterocycles. The molecule has 0 aliphatic rings. The van der Waals surface area contributed by atoms with Gasteiger partial charge in [-0.2, -0.15) is 0 Å². The lowest BCUT2D eigenvalue weighted by molar-refractivity contribution is -0.122. The summed E-state index contributed by atoms with van der Waals surface area (Å²) in [4.78, 5) is 14.4. The van der Waals surface area contributed by atoms with Crippen LogP contribution in [0.25, 0.3) is 16.7 Å². The van der Waals surface area contributed by atoms with Crippen LogP contribution in [0, 0.1) is 0 Å². The molecule has 0 radical (unpaired) electrons. The molecule has 0 atom stereocenters. The van der Waals surface area contributed by atoms with Crippen molar-refractivity contribution >= 4 is 16.9 Å². The Balaban J connectivity index is 1.85. The Labute approximate surface area is 160 Å². The van der Waals surface area contributed by atoms with Crippen LogP contribution < -0.4 is 5.32 Å². The topological polar surface area (TPSA) is 63.1 Å². The van der Waals surface area contributed by atoms with Crippen molar-refractivity contribution in [1.29, 1.82) is 0 Å². The van der Waals surface area contributed by atoms with Gasteiger partial charge < -0.3 is 5.32 Å². The minimum absolute atomic E-state index is 0.0778. The van der Waals surface area contributed by atoms with Crippen LogP contribution in [0.15, 0.2) is 48.5 Å². The summed E-state index contributed by atoms with van der Waals surface area (Å²) in [5.41, 5.74) is 3.98. The number of carbonyl (C=O) groups is 1. The van der Waals surface area contributed by atoms with Crippen molar-refractivity contribution in [2.45, 2.75) is 33.2 Å². The molecule has 142 valence electrons. The molecule has 0 saturated heterocycles. The summed E-state index contributed by atoms with van der Waals surface area (Å²) >= 11 is 0. The number of nitrogens with zero attached hydrogens (tertiary/aromatic N) is 4. The van der Waals surface area contributed by atoms with E-state index >= 15 is 0 Å². The number of para-hydroxylation sites is 2. The minimum Gasteiger partial charge on any atom is -0.355 e. The van der Waals surface area contributed by atoms with E-state index < -0.39 is 0 Å². The second-order valence-electron chi connectivity index (χ2n) is 6.68. The van der Waals surface area contributed by atoms with Crippen molar-refractivity contribution in [2.75, 3.05) is 19.6 Å². The standard InChI is InChI=1S/C21H27N5O/c1-3-13-22-21(27)16-25(14-4-2)15-17-9-5-7-11-19(17)26-20-12-8-6-10-18(20)23-24-26/h5-12H,3-4,13-16H2,1-2H3,(H,22,27). The van der Waals surface area contributed by atoms with E-state index in [9.17, 15) is 4.79 Å². The summed E-state index contributed by atoms with van der Waals surface area (Å²) in [6.07, 6.45) is 1.94. The van der Waals surface area contributed by atoms with Crippen molar-refractivity contribution in [2.24, 2.45) is 0 Å². The van der Waals surface area contributed by atoms with Gasteiger partial charge >= 0.3 is 0 Å².